The Bertz CT molecular complexity index is 1020. The number of carbonyl (C=O) groups excluding carboxylic acids is 1. The summed E-state index contributed by atoms with van der Waals surface area (Å²) in [5, 5.41) is 2.93. The molecular weight excluding hydrogens is 322 g/mol. The third-order valence-electron chi connectivity index (χ3n) is 4.08. The summed E-state index contributed by atoms with van der Waals surface area (Å²) >= 11 is 0. The maximum Gasteiger partial charge on any atom is 0.255 e. The standard InChI is InChI=1S/C22H17N3O/c26-22(17-10-5-2-6-11-17)24-19-13-7-12-18(14-19)20-15-23-21(25-20)16-8-3-1-4-9-16/h1-15H,(H,23,25)(H,24,26). The van der Waals surface area contributed by atoms with Gasteiger partial charge in [-0.05, 0) is 24.3 Å². The minimum Gasteiger partial charge on any atom is -0.344 e. The van der Waals surface area contributed by atoms with Crippen molar-refractivity contribution in [2.75, 3.05) is 5.32 Å². The predicted octanol–water partition coefficient (Wildman–Crippen LogP) is 5.00. The van der Waals surface area contributed by atoms with Gasteiger partial charge >= 0.3 is 0 Å². The monoisotopic (exact) mass is 339 g/mol. The van der Waals surface area contributed by atoms with E-state index in [0.717, 1.165) is 28.3 Å². The molecule has 126 valence electrons. The summed E-state index contributed by atoms with van der Waals surface area (Å²) in [6, 6.07) is 26.8. The first-order valence-corrected chi connectivity index (χ1v) is 8.37. The molecule has 0 fully saturated rings. The zero-order chi connectivity index (χ0) is 17.8. The number of amides is 1. The van der Waals surface area contributed by atoms with Crippen molar-refractivity contribution in [1.29, 1.82) is 0 Å². The van der Waals surface area contributed by atoms with Crippen LogP contribution in [0, 0.1) is 0 Å². The molecule has 0 aliphatic heterocycles. The zero-order valence-electron chi connectivity index (χ0n) is 14.0. The van der Waals surface area contributed by atoms with Gasteiger partial charge in [0, 0.05) is 28.6 Å². The highest BCUT2D eigenvalue weighted by atomic mass is 16.1. The molecule has 0 saturated carbocycles. The van der Waals surface area contributed by atoms with Crippen LogP contribution in [0.15, 0.2) is 91.1 Å². The second kappa shape index (κ2) is 7.07. The number of benzene rings is 3. The summed E-state index contributed by atoms with van der Waals surface area (Å²) in [6.07, 6.45) is 1.88. The summed E-state index contributed by atoms with van der Waals surface area (Å²) in [7, 11) is 0. The average molecular weight is 339 g/mol. The molecule has 26 heavy (non-hydrogen) atoms. The van der Waals surface area contributed by atoms with Crippen molar-refractivity contribution in [2.45, 2.75) is 0 Å². The van der Waals surface area contributed by atoms with Gasteiger partial charge in [-0.15, -0.1) is 0 Å². The molecule has 0 aliphatic rings. The van der Waals surface area contributed by atoms with Crippen LogP contribution in [0.5, 0.6) is 0 Å². The van der Waals surface area contributed by atoms with Gasteiger partial charge in [0.2, 0.25) is 0 Å². The molecule has 4 aromatic rings. The molecule has 0 spiro atoms. The lowest BCUT2D eigenvalue weighted by Crippen LogP contribution is -2.11. The minimum atomic E-state index is -0.130. The Morgan fingerprint density at radius 2 is 1.50 bits per heavy atom. The van der Waals surface area contributed by atoms with Crippen molar-refractivity contribution in [3.05, 3.63) is 96.7 Å². The first-order chi connectivity index (χ1) is 12.8. The van der Waals surface area contributed by atoms with Crippen molar-refractivity contribution in [3.63, 3.8) is 0 Å². The molecular formula is C22H17N3O. The summed E-state index contributed by atoms with van der Waals surface area (Å²) in [5.74, 6) is 0.689. The van der Waals surface area contributed by atoms with E-state index in [4.69, 9.17) is 0 Å². The van der Waals surface area contributed by atoms with Crippen LogP contribution in [0.2, 0.25) is 0 Å². The SMILES string of the molecule is O=C(Nc1cccc(-c2c[nH]c(-c3ccccc3)n2)c1)c1ccccc1. The van der Waals surface area contributed by atoms with E-state index in [-0.39, 0.29) is 5.91 Å². The lowest BCUT2D eigenvalue weighted by atomic mass is 10.1. The molecule has 1 heterocycles. The number of hydrogen-bond donors (Lipinski definition) is 2. The van der Waals surface area contributed by atoms with E-state index >= 15 is 0 Å². The van der Waals surface area contributed by atoms with Crippen LogP contribution < -0.4 is 5.32 Å². The first kappa shape index (κ1) is 15.8. The maximum absolute atomic E-state index is 12.3. The molecule has 3 aromatic carbocycles. The predicted molar refractivity (Wildman–Crippen MR) is 104 cm³/mol. The Morgan fingerprint density at radius 3 is 2.27 bits per heavy atom. The number of aromatic amines is 1. The number of anilines is 1. The molecule has 0 bridgehead atoms. The normalized spacial score (nSPS) is 10.5. The summed E-state index contributed by atoms with van der Waals surface area (Å²) in [4.78, 5) is 20.2. The van der Waals surface area contributed by atoms with Crippen LogP contribution in [0.25, 0.3) is 22.6 Å². The van der Waals surface area contributed by atoms with Crippen LogP contribution in [0.1, 0.15) is 10.4 Å². The van der Waals surface area contributed by atoms with Gasteiger partial charge in [-0.1, -0.05) is 60.7 Å². The topological polar surface area (TPSA) is 57.8 Å². The van der Waals surface area contributed by atoms with Crippen molar-refractivity contribution in [1.82, 2.24) is 9.97 Å². The number of H-pyrrole nitrogens is 1. The first-order valence-electron chi connectivity index (χ1n) is 8.37. The quantitative estimate of drug-likeness (QED) is 0.550. The van der Waals surface area contributed by atoms with E-state index in [1.807, 2.05) is 79.0 Å². The number of rotatable bonds is 4. The molecule has 4 nitrogen and oxygen atoms in total. The van der Waals surface area contributed by atoms with E-state index in [9.17, 15) is 4.79 Å². The summed E-state index contributed by atoms with van der Waals surface area (Å²) in [6.45, 7) is 0. The van der Waals surface area contributed by atoms with Crippen molar-refractivity contribution < 1.29 is 4.79 Å². The van der Waals surface area contributed by atoms with Crippen LogP contribution in [0.3, 0.4) is 0 Å². The lowest BCUT2D eigenvalue weighted by molar-refractivity contribution is 0.102. The van der Waals surface area contributed by atoms with E-state index in [1.54, 1.807) is 12.1 Å². The van der Waals surface area contributed by atoms with Crippen molar-refractivity contribution in [2.24, 2.45) is 0 Å². The number of carbonyl (C=O) groups is 1. The van der Waals surface area contributed by atoms with Crippen molar-refractivity contribution >= 4 is 11.6 Å². The van der Waals surface area contributed by atoms with E-state index in [1.165, 1.54) is 0 Å². The smallest absolute Gasteiger partial charge is 0.255 e. The Morgan fingerprint density at radius 1 is 0.808 bits per heavy atom. The molecule has 1 amide bonds. The van der Waals surface area contributed by atoms with Gasteiger partial charge in [0.15, 0.2) is 0 Å². The number of nitrogens with zero attached hydrogens (tertiary/aromatic N) is 1. The average Bonchev–Trinajstić information content (AvgIpc) is 3.20. The molecule has 0 atom stereocenters. The Kier molecular flexibility index (Phi) is 4.31. The number of hydrogen-bond acceptors (Lipinski definition) is 2. The number of aromatic nitrogens is 2. The van der Waals surface area contributed by atoms with E-state index in [0.29, 0.717) is 5.56 Å². The zero-order valence-corrected chi connectivity index (χ0v) is 14.0. The Balaban J connectivity index is 1.57. The second-order valence-corrected chi connectivity index (χ2v) is 5.90. The fourth-order valence-corrected chi connectivity index (χ4v) is 2.76. The molecule has 0 aliphatic carbocycles. The van der Waals surface area contributed by atoms with Gasteiger partial charge in [-0.3, -0.25) is 4.79 Å². The third-order valence-corrected chi connectivity index (χ3v) is 4.08. The molecule has 1 aromatic heterocycles. The summed E-state index contributed by atoms with van der Waals surface area (Å²) in [5.41, 5.74) is 4.17. The minimum absolute atomic E-state index is 0.130. The van der Waals surface area contributed by atoms with Gasteiger partial charge in [-0.2, -0.15) is 0 Å². The fraction of sp³-hybridized carbons (Fsp3) is 0. The molecule has 0 unspecified atom stereocenters. The molecule has 0 saturated heterocycles. The van der Waals surface area contributed by atoms with Gasteiger partial charge in [0.1, 0.15) is 5.82 Å². The third kappa shape index (κ3) is 3.39. The van der Waals surface area contributed by atoms with Crippen LogP contribution in [-0.4, -0.2) is 15.9 Å². The Labute approximate surface area is 151 Å². The highest BCUT2D eigenvalue weighted by Gasteiger charge is 2.09. The van der Waals surface area contributed by atoms with Crippen molar-refractivity contribution in [3.8, 4) is 22.6 Å². The fourth-order valence-electron chi connectivity index (χ4n) is 2.76. The van der Waals surface area contributed by atoms with E-state index in [2.05, 4.69) is 15.3 Å². The van der Waals surface area contributed by atoms with Gasteiger partial charge in [0.05, 0.1) is 5.69 Å². The highest BCUT2D eigenvalue weighted by molar-refractivity contribution is 6.04. The summed E-state index contributed by atoms with van der Waals surface area (Å²) < 4.78 is 0. The molecule has 2 N–H and O–H groups in total. The largest absolute Gasteiger partial charge is 0.344 e. The lowest BCUT2D eigenvalue weighted by Gasteiger charge is -2.06. The molecule has 4 heteroatoms. The van der Waals surface area contributed by atoms with Gasteiger partial charge in [-0.25, -0.2) is 4.98 Å². The molecule has 0 radical (unpaired) electrons. The molecule has 4 rings (SSSR count). The van der Waals surface area contributed by atoms with Crippen LogP contribution in [-0.2, 0) is 0 Å². The number of nitrogens with one attached hydrogen (secondary N) is 2. The Hall–Kier alpha value is -3.66. The van der Waals surface area contributed by atoms with Crippen LogP contribution >= 0.6 is 0 Å². The van der Waals surface area contributed by atoms with Gasteiger partial charge in [0.25, 0.3) is 5.91 Å². The second-order valence-electron chi connectivity index (χ2n) is 5.90. The number of imidazole rings is 1. The highest BCUT2D eigenvalue weighted by Crippen LogP contribution is 2.24. The van der Waals surface area contributed by atoms with E-state index < -0.39 is 0 Å². The maximum atomic E-state index is 12.3. The van der Waals surface area contributed by atoms with Gasteiger partial charge < -0.3 is 10.3 Å². The van der Waals surface area contributed by atoms with Crippen LogP contribution in [0.4, 0.5) is 5.69 Å².